The number of methoxy groups -OCH3 is 1. The van der Waals surface area contributed by atoms with E-state index in [1.807, 2.05) is 13.8 Å². The van der Waals surface area contributed by atoms with E-state index in [1.54, 1.807) is 88.6 Å². The Bertz CT molecular complexity index is 3100. The van der Waals surface area contributed by atoms with Gasteiger partial charge in [-0.05, 0) is 100 Å². The van der Waals surface area contributed by atoms with E-state index >= 15 is 0 Å². The van der Waals surface area contributed by atoms with Crippen LogP contribution in [0.5, 0.6) is 11.8 Å². The van der Waals surface area contributed by atoms with Crippen molar-refractivity contribution in [1.29, 1.82) is 0 Å². The van der Waals surface area contributed by atoms with Crippen molar-refractivity contribution >= 4 is 51.3 Å². The van der Waals surface area contributed by atoms with Crippen LogP contribution in [0.25, 0.3) is 45.0 Å². The van der Waals surface area contributed by atoms with Crippen LogP contribution in [-0.4, -0.2) is 95.8 Å². The number of carbonyl (C=O) groups is 2. The molecule has 0 spiro atoms. The zero-order valence-corrected chi connectivity index (χ0v) is 50.1. The highest BCUT2D eigenvalue weighted by Crippen LogP contribution is 2.39. The Balaban J connectivity index is 0.000000291. The van der Waals surface area contributed by atoms with E-state index in [0.29, 0.717) is 35.8 Å². The van der Waals surface area contributed by atoms with E-state index in [4.69, 9.17) is 46.9 Å². The number of hydrogen-bond acceptors (Lipinski definition) is 11. The number of carboxylic acids is 1. The molecule has 6 rings (SSSR count). The molecule has 0 atom stereocenters. The van der Waals surface area contributed by atoms with Gasteiger partial charge in [0.05, 0.1) is 28.0 Å². The molecule has 0 saturated carbocycles. The van der Waals surface area contributed by atoms with Crippen LogP contribution in [0.1, 0.15) is 50.2 Å². The molecule has 1 N–H and O–H groups in total. The molecular weight excluding hydrogens is 1110 g/mol. The predicted octanol–water partition coefficient (Wildman–Crippen LogP) is 14.9. The molecule has 0 saturated heterocycles. The average molecular weight is 1180 g/mol. The third-order valence-corrected chi connectivity index (χ3v) is 16.3. The topological polar surface area (TPSA) is 162 Å². The van der Waals surface area contributed by atoms with Gasteiger partial charge in [0.2, 0.25) is 11.8 Å². The smallest absolute Gasteiger partial charge is 0.434 e. The maximum Gasteiger partial charge on any atom is 0.434 e. The van der Waals surface area contributed by atoms with E-state index < -0.39 is 62.7 Å². The summed E-state index contributed by atoms with van der Waals surface area (Å²) in [4.78, 5) is 39.5. The summed E-state index contributed by atoms with van der Waals surface area (Å²) < 4.78 is 111. The molecule has 4 heterocycles. The lowest BCUT2D eigenvalue weighted by Gasteiger charge is -2.21. The van der Waals surface area contributed by atoms with Crippen LogP contribution in [0.3, 0.4) is 0 Å². The van der Waals surface area contributed by atoms with Crippen molar-refractivity contribution < 1.29 is 64.7 Å². The highest BCUT2D eigenvalue weighted by molar-refractivity contribution is 6.76. The fraction of sp³-hybridized carbons (Fsp3) is 0.455. The monoisotopic (exact) mass is 1180 g/mol. The van der Waals surface area contributed by atoms with Gasteiger partial charge in [-0.1, -0.05) is 74.6 Å². The molecule has 430 valence electrons. The van der Waals surface area contributed by atoms with Gasteiger partial charge in [-0.15, -0.1) is 0 Å². The molecule has 0 bridgehead atoms. The molecule has 4 aromatic heterocycles. The highest BCUT2D eigenvalue weighted by atomic mass is 35.5. The molecule has 2 aromatic carbocycles. The van der Waals surface area contributed by atoms with Gasteiger partial charge in [0.1, 0.15) is 38.3 Å². The number of nitrogens with zero attached hydrogens (tertiary/aromatic N) is 6. The summed E-state index contributed by atoms with van der Waals surface area (Å²) in [5, 5.41) is 9.71. The zero-order chi connectivity index (χ0) is 59.1. The summed E-state index contributed by atoms with van der Waals surface area (Å²) in [6, 6.07) is 15.3. The van der Waals surface area contributed by atoms with Crippen molar-refractivity contribution in [2.75, 3.05) is 33.5 Å². The Hall–Kier alpha value is -5.79. The second kappa shape index (κ2) is 25.8. The number of benzene rings is 2. The fourth-order valence-electron chi connectivity index (χ4n) is 7.27. The standard InChI is InChI=1S/C28H35ClF3N3O4Si.C27H33ClF3N3O4Si/c1-18-12-24(39-16-27(2,3)26(36)37-4)33-14-21(18)19-8-9-20(22(29)13-19)25-34-23(28(30,31)32)15-35(25)17-38-10-11-40(5,6)7;1-17-11-23(38-15-26(2,3)25(35)36)32-13-20(17)18-7-8-19(21(28)12-18)24-33-22(27(29,30)31)14-34(24)16-37-9-10-39(4,5)6/h8-9,12-15H,10-11,16-17H2,1-7H3;7-8,11-14H,9-10,15-16H2,1-6H3,(H,35,36). The first-order valence-electron chi connectivity index (χ1n) is 25.1. The first-order valence-corrected chi connectivity index (χ1v) is 33.2. The minimum Gasteiger partial charge on any atom is -0.481 e. The van der Waals surface area contributed by atoms with Gasteiger partial charge < -0.3 is 37.9 Å². The number of halogens is 8. The number of esters is 1. The van der Waals surface area contributed by atoms with Gasteiger partial charge >= 0.3 is 24.3 Å². The molecule has 0 aliphatic rings. The Morgan fingerprint density at radius 2 is 0.987 bits per heavy atom. The number of imidazole rings is 2. The number of carboxylic acid groups (broad SMARTS) is 1. The van der Waals surface area contributed by atoms with Crippen LogP contribution in [-0.2, 0) is 49.6 Å². The summed E-state index contributed by atoms with van der Waals surface area (Å²) in [6.45, 7) is 24.2. The van der Waals surface area contributed by atoms with Gasteiger partial charge in [0.25, 0.3) is 0 Å². The van der Waals surface area contributed by atoms with E-state index in [2.05, 4.69) is 59.2 Å². The highest BCUT2D eigenvalue weighted by Gasteiger charge is 2.37. The van der Waals surface area contributed by atoms with Crippen LogP contribution in [0.4, 0.5) is 26.3 Å². The predicted molar refractivity (Wildman–Crippen MR) is 298 cm³/mol. The first kappa shape index (κ1) is 64.0. The zero-order valence-electron chi connectivity index (χ0n) is 46.6. The molecule has 6 aromatic rings. The van der Waals surface area contributed by atoms with Crippen molar-refractivity contribution in [3.63, 3.8) is 0 Å². The number of hydrogen-bond donors (Lipinski definition) is 1. The lowest BCUT2D eigenvalue weighted by Crippen LogP contribution is -2.32. The molecule has 79 heavy (non-hydrogen) atoms. The van der Waals surface area contributed by atoms with Crippen LogP contribution >= 0.6 is 23.2 Å². The molecule has 0 fully saturated rings. The summed E-state index contributed by atoms with van der Waals surface area (Å²) in [7, 11) is -1.39. The third kappa shape index (κ3) is 18.1. The Labute approximate surface area is 468 Å². The van der Waals surface area contributed by atoms with Crippen molar-refractivity contribution in [2.24, 2.45) is 10.8 Å². The SMILES string of the molecule is COC(=O)C(C)(C)COc1cc(C)c(-c2ccc(-c3nc(C(F)(F)F)cn3COCC[Si](C)(C)C)c(Cl)c2)cn1.Cc1cc(OCC(C)(C)C(=O)O)ncc1-c1ccc(-c2nc(C(F)(F)F)cn2COCC[Si](C)(C)C)c(Cl)c1. The lowest BCUT2D eigenvalue weighted by atomic mass is 9.95. The minimum absolute atomic E-state index is 0.0525. The minimum atomic E-state index is -4.61. The maximum absolute atomic E-state index is 13.5. The van der Waals surface area contributed by atoms with Gasteiger partial charge in [0, 0.05) is 88.5 Å². The quantitative estimate of drug-likeness (QED) is 0.0297. The Morgan fingerprint density at radius 3 is 1.30 bits per heavy atom. The number of alkyl halides is 6. The Kier molecular flexibility index (Phi) is 20.9. The fourth-order valence-corrected chi connectivity index (χ4v) is 9.31. The van der Waals surface area contributed by atoms with E-state index in [1.165, 1.54) is 16.2 Å². The van der Waals surface area contributed by atoms with Crippen molar-refractivity contribution in [2.45, 2.75) is 119 Å². The summed E-state index contributed by atoms with van der Waals surface area (Å²) in [6.07, 6.45) is -4.13. The summed E-state index contributed by atoms with van der Waals surface area (Å²) >= 11 is 13.2. The normalized spacial score (nSPS) is 12.5. The van der Waals surface area contributed by atoms with Crippen LogP contribution in [0.15, 0.2) is 73.3 Å². The van der Waals surface area contributed by atoms with Crippen LogP contribution in [0, 0.1) is 24.7 Å². The maximum atomic E-state index is 13.5. The number of aliphatic carboxylic acids is 1. The van der Waals surface area contributed by atoms with E-state index in [9.17, 15) is 41.0 Å². The lowest BCUT2D eigenvalue weighted by molar-refractivity contribution is -0.152. The van der Waals surface area contributed by atoms with Gasteiger partial charge in [-0.25, -0.2) is 19.9 Å². The largest absolute Gasteiger partial charge is 0.481 e. The van der Waals surface area contributed by atoms with E-state index in [-0.39, 0.29) is 54.2 Å². The van der Waals surface area contributed by atoms with Crippen molar-refractivity contribution in [1.82, 2.24) is 29.1 Å². The number of carbonyl (C=O) groups excluding carboxylic acids is 1. The third-order valence-electron chi connectivity index (χ3n) is 12.3. The Morgan fingerprint density at radius 1 is 0.608 bits per heavy atom. The number of ether oxygens (including phenoxy) is 5. The van der Waals surface area contributed by atoms with Crippen molar-refractivity contribution in [3.8, 4) is 56.8 Å². The molecule has 24 heteroatoms. The van der Waals surface area contributed by atoms with Gasteiger partial charge in [-0.3, -0.25) is 9.59 Å². The number of aromatic nitrogens is 6. The number of rotatable bonds is 22. The molecule has 0 unspecified atom stereocenters. The second-order valence-electron chi connectivity index (χ2n) is 22.7. The average Bonchev–Trinajstić information content (AvgIpc) is 4.05. The van der Waals surface area contributed by atoms with Gasteiger partial charge in [-0.2, -0.15) is 26.3 Å². The molecular formula is C55H68Cl2F6N6O8Si2. The molecule has 0 aliphatic heterocycles. The van der Waals surface area contributed by atoms with Gasteiger partial charge in [0.15, 0.2) is 11.4 Å². The molecule has 0 amide bonds. The molecule has 14 nitrogen and oxygen atoms in total. The van der Waals surface area contributed by atoms with Crippen LogP contribution in [0.2, 0.25) is 61.4 Å². The number of aryl methyl sites for hydroxylation is 2. The first-order chi connectivity index (χ1) is 36.5. The number of pyridine rings is 2. The molecule has 0 aliphatic carbocycles. The summed E-state index contributed by atoms with van der Waals surface area (Å²) in [5.41, 5.74) is 1.30. The second-order valence-corrected chi connectivity index (χ2v) is 34.8. The van der Waals surface area contributed by atoms with Crippen molar-refractivity contribution in [3.05, 3.63) is 106 Å². The molecule has 0 radical (unpaired) electrons. The van der Waals surface area contributed by atoms with E-state index in [0.717, 1.165) is 52.3 Å². The van der Waals surface area contributed by atoms with Crippen LogP contribution < -0.4 is 9.47 Å². The summed E-state index contributed by atoms with van der Waals surface area (Å²) in [5.74, 6) is -0.612.